The number of carbonyl (C=O) groups is 1. The van der Waals surface area contributed by atoms with E-state index in [4.69, 9.17) is 4.74 Å². The van der Waals surface area contributed by atoms with Gasteiger partial charge in [-0.15, -0.1) is 0 Å². The fraction of sp³-hybridized carbons (Fsp3) is 0.300. The molecule has 6 nitrogen and oxygen atoms in total. The van der Waals surface area contributed by atoms with E-state index < -0.39 is 0 Å². The lowest BCUT2D eigenvalue weighted by molar-refractivity contribution is -0.114. The van der Waals surface area contributed by atoms with Crippen LogP contribution < -0.4 is 19.9 Å². The molecule has 6 heteroatoms. The summed E-state index contributed by atoms with van der Waals surface area (Å²) in [7, 11) is 0. The first-order valence-electron chi connectivity index (χ1n) is 8.97. The monoisotopic (exact) mass is 350 g/mol. The van der Waals surface area contributed by atoms with Crippen LogP contribution in [0.3, 0.4) is 0 Å². The summed E-state index contributed by atoms with van der Waals surface area (Å²) < 4.78 is 5.43. The number of hydrogen-bond acceptors (Lipinski definition) is 5. The molecule has 0 radical (unpaired) electrons. The molecule has 0 unspecified atom stereocenters. The molecule has 0 fully saturated rings. The van der Waals surface area contributed by atoms with Gasteiger partial charge >= 0.3 is 0 Å². The highest BCUT2D eigenvalue weighted by Gasteiger charge is 2.34. The molecular formula is C20H22N4O2. The van der Waals surface area contributed by atoms with Crippen LogP contribution in [0.2, 0.25) is 0 Å². The molecule has 0 saturated heterocycles. The lowest BCUT2D eigenvalue weighted by Crippen LogP contribution is -2.44. The zero-order valence-corrected chi connectivity index (χ0v) is 14.8. The van der Waals surface area contributed by atoms with Gasteiger partial charge in [-0.05, 0) is 49.7 Å². The standard InChI is InChI=1S/C20H22N4O2/c1-2-26-16-10-8-15(9-11-16)22-19(25)14-24-18-7-4-3-6-17(18)23-13-5-12-21-20(23)24/h3-4,6-11H,2,5,12-14H2,1H3,(H,22,25). The van der Waals surface area contributed by atoms with Gasteiger partial charge in [0.25, 0.3) is 0 Å². The van der Waals surface area contributed by atoms with E-state index in [-0.39, 0.29) is 12.5 Å². The largest absolute Gasteiger partial charge is 0.494 e. The maximum absolute atomic E-state index is 12.6. The summed E-state index contributed by atoms with van der Waals surface area (Å²) in [6.07, 6.45) is 1.03. The van der Waals surface area contributed by atoms with Gasteiger partial charge < -0.3 is 19.9 Å². The first-order chi connectivity index (χ1) is 12.8. The lowest BCUT2D eigenvalue weighted by atomic mass is 10.2. The van der Waals surface area contributed by atoms with Gasteiger partial charge in [-0.2, -0.15) is 0 Å². The van der Waals surface area contributed by atoms with E-state index in [0.29, 0.717) is 6.61 Å². The number of para-hydroxylation sites is 2. The van der Waals surface area contributed by atoms with Crippen LogP contribution in [0, 0.1) is 0 Å². The fourth-order valence-electron chi connectivity index (χ4n) is 3.38. The highest BCUT2D eigenvalue weighted by molar-refractivity contribution is 6.18. The van der Waals surface area contributed by atoms with Crippen molar-refractivity contribution in [1.82, 2.24) is 0 Å². The molecule has 2 aliphatic rings. The van der Waals surface area contributed by atoms with Crippen LogP contribution in [-0.2, 0) is 4.79 Å². The van der Waals surface area contributed by atoms with Crippen LogP contribution in [0.25, 0.3) is 0 Å². The smallest absolute Gasteiger partial charge is 0.244 e. The molecule has 134 valence electrons. The highest BCUT2D eigenvalue weighted by atomic mass is 16.5. The Labute approximate surface area is 153 Å². The normalized spacial score (nSPS) is 15.2. The van der Waals surface area contributed by atoms with Crippen molar-refractivity contribution in [3.8, 4) is 5.75 Å². The molecule has 1 N–H and O–H groups in total. The van der Waals surface area contributed by atoms with Crippen molar-refractivity contribution in [3.63, 3.8) is 0 Å². The third kappa shape index (κ3) is 3.10. The summed E-state index contributed by atoms with van der Waals surface area (Å²) in [5, 5.41) is 2.95. The molecule has 0 aromatic heterocycles. The summed E-state index contributed by atoms with van der Waals surface area (Å²) in [6.45, 7) is 4.54. The number of aliphatic imine (C=N–C) groups is 1. The Hall–Kier alpha value is -3.02. The third-order valence-electron chi connectivity index (χ3n) is 4.49. The number of guanidine groups is 1. The predicted octanol–water partition coefficient (Wildman–Crippen LogP) is 3.11. The summed E-state index contributed by atoms with van der Waals surface area (Å²) >= 11 is 0. The van der Waals surface area contributed by atoms with E-state index in [1.807, 2.05) is 54.3 Å². The topological polar surface area (TPSA) is 57.2 Å². The zero-order valence-electron chi connectivity index (χ0n) is 14.8. The van der Waals surface area contributed by atoms with Gasteiger partial charge in [0, 0.05) is 18.8 Å². The number of rotatable bonds is 5. The molecule has 2 aliphatic heterocycles. The molecule has 1 amide bonds. The highest BCUT2D eigenvalue weighted by Crippen LogP contribution is 2.38. The van der Waals surface area contributed by atoms with E-state index in [2.05, 4.69) is 21.3 Å². The van der Waals surface area contributed by atoms with E-state index >= 15 is 0 Å². The maximum atomic E-state index is 12.6. The van der Waals surface area contributed by atoms with Gasteiger partial charge in [-0.1, -0.05) is 12.1 Å². The van der Waals surface area contributed by atoms with Crippen LogP contribution >= 0.6 is 0 Å². The molecule has 2 heterocycles. The Morgan fingerprint density at radius 3 is 2.69 bits per heavy atom. The van der Waals surface area contributed by atoms with E-state index in [0.717, 1.165) is 48.3 Å². The van der Waals surface area contributed by atoms with E-state index in [9.17, 15) is 4.79 Å². The lowest BCUT2D eigenvalue weighted by Gasteiger charge is -2.26. The summed E-state index contributed by atoms with van der Waals surface area (Å²) in [4.78, 5) is 21.5. The molecule has 4 rings (SSSR count). The minimum Gasteiger partial charge on any atom is -0.494 e. The van der Waals surface area contributed by atoms with Gasteiger partial charge in [0.15, 0.2) is 0 Å². The Kier molecular flexibility index (Phi) is 4.48. The first-order valence-corrected chi connectivity index (χ1v) is 8.97. The quantitative estimate of drug-likeness (QED) is 0.900. The van der Waals surface area contributed by atoms with Crippen LogP contribution in [0.5, 0.6) is 5.75 Å². The number of amides is 1. The van der Waals surface area contributed by atoms with Crippen molar-refractivity contribution in [2.75, 3.05) is 41.4 Å². The molecule has 26 heavy (non-hydrogen) atoms. The first kappa shape index (κ1) is 16.4. The van der Waals surface area contributed by atoms with Crippen LogP contribution in [-0.4, -0.2) is 38.1 Å². The van der Waals surface area contributed by atoms with E-state index in [1.165, 1.54) is 0 Å². The van der Waals surface area contributed by atoms with Crippen molar-refractivity contribution in [3.05, 3.63) is 48.5 Å². The molecule has 0 saturated carbocycles. The summed E-state index contributed by atoms with van der Waals surface area (Å²) in [5.74, 6) is 1.60. The average molecular weight is 350 g/mol. The van der Waals surface area contributed by atoms with Gasteiger partial charge in [-0.3, -0.25) is 9.79 Å². The number of nitrogens with one attached hydrogen (secondary N) is 1. The molecule has 2 aromatic rings. The third-order valence-corrected chi connectivity index (χ3v) is 4.49. The van der Waals surface area contributed by atoms with Crippen LogP contribution in [0.1, 0.15) is 13.3 Å². The Bertz CT molecular complexity index is 832. The minimum absolute atomic E-state index is 0.0703. The number of carbonyl (C=O) groups excluding carboxylic acids is 1. The molecule has 0 aliphatic carbocycles. The maximum Gasteiger partial charge on any atom is 0.244 e. The molecule has 0 spiro atoms. The van der Waals surface area contributed by atoms with Crippen molar-refractivity contribution >= 4 is 28.9 Å². The number of anilines is 3. The van der Waals surface area contributed by atoms with Gasteiger partial charge in [0.1, 0.15) is 12.3 Å². The Morgan fingerprint density at radius 2 is 1.92 bits per heavy atom. The Balaban J connectivity index is 1.49. The second-order valence-corrected chi connectivity index (χ2v) is 6.27. The molecule has 2 aromatic carbocycles. The molecule has 0 bridgehead atoms. The van der Waals surface area contributed by atoms with Gasteiger partial charge in [0.05, 0.1) is 18.0 Å². The van der Waals surface area contributed by atoms with Crippen molar-refractivity contribution in [2.45, 2.75) is 13.3 Å². The molecular weight excluding hydrogens is 328 g/mol. The van der Waals surface area contributed by atoms with Crippen molar-refractivity contribution < 1.29 is 9.53 Å². The van der Waals surface area contributed by atoms with E-state index in [1.54, 1.807) is 0 Å². The second-order valence-electron chi connectivity index (χ2n) is 6.27. The van der Waals surface area contributed by atoms with Gasteiger partial charge in [-0.25, -0.2) is 0 Å². The van der Waals surface area contributed by atoms with Crippen LogP contribution in [0.4, 0.5) is 17.1 Å². The number of fused-ring (bicyclic) bond motifs is 3. The summed E-state index contributed by atoms with van der Waals surface area (Å²) in [6, 6.07) is 15.6. The van der Waals surface area contributed by atoms with Gasteiger partial charge in [0.2, 0.25) is 11.9 Å². The van der Waals surface area contributed by atoms with Crippen molar-refractivity contribution in [1.29, 1.82) is 0 Å². The minimum atomic E-state index is -0.0703. The number of benzene rings is 2. The zero-order chi connectivity index (χ0) is 17.9. The van der Waals surface area contributed by atoms with Crippen LogP contribution in [0.15, 0.2) is 53.5 Å². The SMILES string of the molecule is CCOc1ccc(NC(=O)CN2C3=NCCCN3c3ccccc32)cc1. The average Bonchev–Trinajstić information content (AvgIpc) is 2.98. The van der Waals surface area contributed by atoms with Crippen molar-refractivity contribution in [2.24, 2.45) is 4.99 Å². The fourth-order valence-corrected chi connectivity index (χ4v) is 3.38. The predicted molar refractivity (Wildman–Crippen MR) is 104 cm³/mol. The second kappa shape index (κ2) is 7.07. The number of ether oxygens (including phenoxy) is 1. The number of nitrogens with zero attached hydrogens (tertiary/aromatic N) is 3. The number of hydrogen-bond donors (Lipinski definition) is 1. The molecule has 0 atom stereocenters. The summed E-state index contributed by atoms with van der Waals surface area (Å²) in [5.41, 5.74) is 2.92. The Morgan fingerprint density at radius 1 is 1.15 bits per heavy atom.